The van der Waals surface area contributed by atoms with Crippen molar-refractivity contribution in [2.45, 2.75) is 33.0 Å². The number of hydrogen-bond donors (Lipinski definition) is 0. The maximum Gasteiger partial charge on any atom is 0.267 e. The largest absolute Gasteiger partial charge is 0.307 e. The number of aryl methyl sites for hydroxylation is 1. The number of rotatable bonds is 3. The van der Waals surface area contributed by atoms with E-state index in [1.807, 2.05) is 35.7 Å². The summed E-state index contributed by atoms with van der Waals surface area (Å²) in [6.45, 7) is 5.06. The molecule has 1 aliphatic rings. The van der Waals surface area contributed by atoms with Crippen LogP contribution in [0.25, 0.3) is 5.65 Å². The van der Waals surface area contributed by atoms with Crippen molar-refractivity contribution in [1.29, 1.82) is 0 Å². The summed E-state index contributed by atoms with van der Waals surface area (Å²) < 4.78 is 3.57. The third-order valence-corrected chi connectivity index (χ3v) is 4.32. The van der Waals surface area contributed by atoms with Crippen molar-refractivity contribution in [2.75, 3.05) is 6.54 Å². The van der Waals surface area contributed by atoms with Gasteiger partial charge in [0.15, 0.2) is 0 Å². The quantitative estimate of drug-likeness (QED) is 0.735. The first kappa shape index (κ1) is 14.1. The highest BCUT2D eigenvalue weighted by atomic mass is 16.1. The van der Waals surface area contributed by atoms with Gasteiger partial charge in [-0.25, -0.2) is 9.67 Å². The Morgan fingerprint density at radius 3 is 3.04 bits per heavy atom. The summed E-state index contributed by atoms with van der Waals surface area (Å²) in [6, 6.07) is 7.74. The molecule has 4 rings (SSSR count). The smallest absolute Gasteiger partial charge is 0.267 e. The van der Waals surface area contributed by atoms with E-state index in [4.69, 9.17) is 0 Å². The molecule has 23 heavy (non-hydrogen) atoms. The second-order valence-electron chi connectivity index (χ2n) is 5.93. The Labute approximate surface area is 134 Å². The number of fused-ring (bicyclic) bond motifs is 2. The standard InChI is InChI=1S/C17H19N5O/c1-2-22-17(23)9-13-10-20(8-6-15(13)19-22)11-14-12-21-7-4-3-5-16(21)18-14/h3-5,7,9,12H,2,6,8,10-11H2,1H3. The van der Waals surface area contributed by atoms with E-state index in [1.165, 1.54) is 4.68 Å². The van der Waals surface area contributed by atoms with Gasteiger partial charge in [-0.2, -0.15) is 5.10 Å². The fourth-order valence-corrected chi connectivity index (χ4v) is 3.15. The minimum atomic E-state index is -0.0131. The van der Waals surface area contributed by atoms with Crippen LogP contribution in [0, 0.1) is 0 Å². The van der Waals surface area contributed by atoms with Crippen LogP contribution in [0.2, 0.25) is 0 Å². The van der Waals surface area contributed by atoms with Crippen LogP contribution in [-0.2, 0) is 26.1 Å². The predicted molar refractivity (Wildman–Crippen MR) is 87.2 cm³/mol. The molecule has 6 nitrogen and oxygen atoms in total. The Hall–Kier alpha value is -2.47. The molecule has 0 N–H and O–H groups in total. The summed E-state index contributed by atoms with van der Waals surface area (Å²) in [7, 11) is 0. The van der Waals surface area contributed by atoms with E-state index in [1.54, 1.807) is 6.07 Å². The summed E-state index contributed by atoms with van der Waals surface area (Å²) in [6.07, 6.45) is 4.95. The van der Waals surface area contributed by atoms with Gasteiger partial charge in [-0.05, 0) is 24.6 Å². The van der Waals surface area contributed by atoms with Crippen molar-refractivity contribution in [2.24, 2.45) is 0 Å². The second kappa shape index (κ2) is 5.62. The van der Waals surface area contributed by atoms with Crippen LogP contribution in [-0.4, -0.2) is 30.6 Å². The van der Waals surface area contributed by atoms with Crippen LogP contribution in [0.4, 0.5) is 0 Å². The summed E-state index contributed by atoms with van der Waals surface area (Å²) in [5.41, 5.74) is 4.11. The molecule has 0 radical (unpaired) electrons. The predicted octanol–water partition coefficient (Wildman–Crippen LogP) is 1.47. The number of pyridine rings is 1. The average Bonchev–Trinajstić information content (AvgIpc) is 2.96. The molecule has 4 heterocycles. The van der Waals surface area contributed by atoms with E-state index >= 15 is 0 Å². The molecule has 0 atom stereocenters. The van der Waals surface area contributed by atoms with Crippen LogP contribution in [0.15, 0.2) is 41.5 Å². The summed E-state index contributed by atoms with van der Waals surface area (Å²) in [4.78, 5) is 18.9. The van der Waals surface area contributed by atoms with Gasteiger partial charge in [0.1, 0.15) is 5.65 Å². The zero-order valence-electron chi connectivity index (χ0n) is 13.1. The molecule has 1 aliphatic heterocycles. The Kier molecular flexibility index (Phi) is 3.46. The lowest BCUT2D eigenvalue weighted by molar-refractivity contribution is 0.238. The molecule has 0 spiro atoms. The zero-order valence-corrected chi connectivity index (χ0v) is 13.1. The van der Waals surface area contributed by atoms with Gasteiger partial charge < -0.3 is 4.40 Å². The first-order valence-corrected chi connectivity index (χ1v) is 7.98. The van der Waals surface area contributed by atoms with E-state index in [0.29, 0.717) is 6.54 Å². The molecular weight excluding hydrogens is 290 g/mol. The van der Waals surface area contributed by atoms with Gasteiger partial charge in [-0.15, -0.1) is 0 Å². The summed E-state index contributed by atoms with van der Waals surface area (Å²) >= 11 is 0. The topological polar surface area (TPSA) is 55.4 Å². The first-order valence-electron chi connectivity index (χ1n) is 7.98. The van der Waals surface area contributed by atoms with Gasteiger partial charge in [-0.3, -0.25) is 9.69 Å². The molecule has 0 unspecified atom stereocenters. The van der Waals surface area contributed by atoms with Gasteiger partial charge in [0, 0.05) is 51.1 Å². The van der Waals surface area contributed by atoms with Crippen molar-refractivity contribution in [3.63, 3.8) is 0 Å². The van der Waals surface area contributed by atoms with Gasteiger partial charge in [0.25, 0.3) is 5.56 Å². The molecule has 0 amide bonds. The highest BCUT2D eigenvalue weighted by molar-refractivity contribution is 5.39. The Bertz CT molecular complexity index is 878. The average molecular weight is 309 g/mol. The molecule has 0 saturated heterocycles. The van der Waals surface area contributed by atoms with E-state index < -0.39 is 0 Å². The van der Waals surface area contributed by atoms with Crippen molar-refractivity contribution in [3.05, 3.63) is 64.0 Å². The van der Waals surface area contributed by atoms with Gasteiger partial charge >= 0.3 is 0 Å². The third kappa shape index (κ3) is 2.66. The summed E-state index contributed by atoms with van der Waals surface area (Å²) in [5, 5.41) is 4.47. The lowest BCUT2D eigenvalue weighted by Crippen LogP contribution is -2.34. The van der Waals surface area contributed by atoms with Crippen molar-refractivity contribution in [3.8, 4) is 0 Å². The molecule has 3 aromatic rings. The second-order valence-corrected chi connectivity index (χ2v) is 5.93. The van der Waals surface area contributed by atoms with Gasteiger partial charge in [0.05, 0.1) is 11.4 Å². The first-order chi connectivity index (χ1) is 11.2. The Morgan fingerprint density at radius 1 is 1.30 bits per heavy atom. The van der Waals surface area contributed by atoms with Crippen LogP contribution >= 0.6 is 0 Å². The molecule has 0 saturated carbocycles. The molecule has 118 valence electrons. The van der Waals surface area contributed by atoms with Crippen LogP contribution in [0.1, 0.15) is 23.9 Å². The number of imidazole rings is 1. The molecule has 0 fully saturated rings. The fraction of sp³-hybridized carbons (Fsp3) is 0.353. The lowest BCUT2D eigenvalue weighted by Gasteiger charge is -2.27. The molecule has 0 aromatic carbocycles. The van der Waals surface area contributed by atoms with Crippen LogP contribution in [0.3, 0.4) is 0 Å². The highest BCUT2D eigenvalue weighted by Gasteiger charge is 2.19. The van der Waals surface area contributed by atoms with Gasteiger partial charge in [-0.1, -0.05) is 6.07 Å². The van der Waals surface area contributed by atoms with Crippen LogP contribution in [0.5, 0.6) is 0 Å². The minimum Gasteiger partial charge on any atom is -0.307 e. The van der Waals surface area contributed by atoms with Crippen molar-refractivity contribution < 1.29 is 0 Å². The molecule has 0 bridgehead atoms. The third-order valence-electron chi connectivity index (χ3n) is 4.32. The Balaban J connectivity index is 1.56. The molecule has 0 aliphatic carbocycles. The lowest BCUT2D eigenvalue weighted by atomic mass is 10.1. The van der Waals surface area contributed by atoms with Crippen LogP contribution < -0.4 is 5.56 Å². The monoisotopic (exact) mass is 309 g/mol. The molecule has 6 heteroatoms. The highest BCUT2D eigenvalue weighted by Crippen LogP contribution is 2.17. The minimum absolute atomic E-state index is 0.0131. The van der Waals surface area contributed by atoms with E-state index in [2.05, 4.69) is 21.2 Å². The molecule has 3 aromatic heterocycles. The number of aromatic nitrogens is 4. The van der Waals surface area contributed by atoms with E-state index in [-0.39, 0.29) is 5.56 Å². The van der Waals surface area contributed by atoms with Gasteiger partial charge in [0.2, 0.25) is 0 Å². The normalized spacial score (nSPS) is 15.0. The van der Waals surface area contributed by atoms with E-state index in [0.717, 1.165) is 48.7 Å². The number of hydrogen-bond acceptors (Lipinski definition) is 4. The maximum atomic E-state index is 12.0. The fourth-order valence-electron chi connectivity index (χ4n) is 3.15. The summed E-state index contributed by atoms with van der Waals surface area (Å²) in [5.74, 6) is 0. The zero-order chi connectivity index (χ0) is 15.8. The van der Waals surface area contributed by atoms with Crippen molar-refractivity contribution >= 4 is 5.65 Å². The Morgan fingerprint density at radius 2 is 2.22 bits per heavy atom. The van der Waals surface area contributed by atoms with Crippen molar-refractivity contribution in [1.82, 2.24) is 24.1 Å². The molecular formula is C17H19N5O. The number of nitrogens with zero attached hydrogens (tertiary/aromatic N) is 5. The SMILES string of the molecule is CCn1nc2c(cc1=O)CN(Cc1cn3ccccc3n1)CC2. The maximum absolute atomic E-state index is 12.0. The van der Waals surface area contributed by atoms with E-state index in [9.17, 15) is 4.79 Å².